The van der Waals surface area contributed by atoms with E-state index >= 15 is 0 Å². The van der Waals surface area contributed by atoms with Gasteiger partial charge in [0, 0.05) is 11.1 Å². The maximum absolute atomic E-state index is 12.2. The predicted octanol–water partition coefficient (Wildman–Crippen LogP) is 1.71. The molecule has 2 rings (SSSR count). The second kappa shape index (κ2) is 10.6. The highest BCUT2D eigenvalue weighted by Gasteiger charge is 2.24. The molecule has 0 aromatic heterocycles. The number of sulfonamides is 1. The van der Waals surface area contributed by atoms with Gasteiger partial charge in [0.2, 0.25) is 10.0 Å². The van der Waals surface area contributed by atoms with Gasteiger partial charge in [0.15, 0.2) is 6.61 Å². The normalized spacial score (nSPS) is 15.9. The predicted molar refractivity (Wildman–Crippen MR) is 106 cm³/mol. The smallest absolute Gasteiger partial charge is 0.324 e. The van der Waals surface area contributed by atoms with E-state index in [1.807, 2.05) is 0 Å². The number of nitrogens with one attached hydrogen (secondary N) is 3. The monoisotopic (exact) mass is 445 g/mol. The molecule has 0 radical (unpaired) electrons. The molecular weight excluding hydrogens is 422 g/mol. The van der Waals surface area contributed by atoms with E-state index in [0.717, 1.165) is 32.1 Å². The summed E-state index contributed by atoms with van der Waals surface area (Å²) in [6, 6.07) is 3.54. The average molecular weight is 446 g/mol. The lowest BCUT2D eigenvalue weighted by Gasteiger charge is -2.22. The third kappa shape index (κ3) is 7.64. The van der Waals surface area contributed by atoms with Crippen molar-refractivity contribution in [1.29, 1.82) is 0 Å². The van der Waals surface area contributed by atoms with Gasteiger partial charge in [0.25, 0.3) is 5.91 Å². The van der Waals surface area contributed by atoms with Gasteiger partial charge >= 0.3 is 12.0 Å². The topological polar surface area (TPSA) is 131 Å². The van der Waals surface area contributed by atoms with E-state index in [1.165, 1.54) is 31.2 Å². The van der Waals surface area contributed by atoms with E-state index in [1.54, 1.807) is 0 Å². The van der Waals surface area contributed by atoms with Gasteiger partial charge in [-0.2, -0.15) is 4.72 Å². The van der Waals surface area contributed by atoms with Crippen molar-refractivity contribution in [2.75, 3.05) is 6.61 Å². The standard InChI is InChI=1S/C18H24ClN3O6S/c1-12(22-29(26,27)15-9-7-13(19)8-10-15)17(24)28-11-16(23)21-18(25)20-14-5-3-2-4-6-14/h7-10,12,14,22H,2-6,11H2,1H3,(H2,20,21,23,25). The van der Waals surface area contributed by atoms with Gasteiger partial charge in [-0.1, -0.05) is 30.9 Å². The molecule has 3 N–H and O–H groups in total. The number of hydrogen-bond donors (Lipinski definition) is 3. The molecule has 1 unspecified atom stereocenters. The van der Waals surface area contributed by atoms with E-state index in [4.69, 9.17) is 16.3 Å². The van der Waals surface area contributed by atoms with E-state index in [0.29, 0.717) is 5.02 Å². The Morgan fingerprint density at radius 2 is 1.76 bits per heavy atom. The average Bonchev–Trinajstić information content (AvgIpc) is 2.66. The molecular formula is C18H24ClN3O6S. The van der Waals surface area contributed by atoms with Gasteiger partial charge < -0.3 is 10.1 Å². The second-order valence-electron chi connectivity index (χ2n) is 6.76. The Morgan fingerprint density at radius 3 is 2.38 bits per heavy atom. The molecule has 1 aromatic carbocycles. The Bertz CT molecular complexity index is 838. The molecule has 0 aliphatic heterocycles. The summed E-state index contributed by atoms with van der Waals surface area (Å²) in [6.07, 6.45) is 4.92. The van der Waals surface area contributed by atoms with Gasteiger partial charge in [-0.15, -0.1) is 0 Å². The van der Waals surface area contributed by atoms with Crippen LogP contribution in [0.4, 0.5) is 4.79 Å². The van der Waals surface area contributed by atoms with E-state index < -0.39 is 40.6 Å². The fourth-order valence-electron chi connectivity index (χ4n) is 2.86. The number of rotatable bonds is 7. The number of carbonyl (C=O) groups excluding carboxylic acids is 3. The third-order valence-corrected chi connectivity index (χ3v) is 6.16. The maximum atomic E-state index is 12.2. The highest BCUT2D eigenvalue weighted by molar-refractivity contribution is 7.89. The Kier molecular flexibility index (Phi) is 8.42. The van der Waals surface area contributed by atoms with Crippen molar-refractivity contribution < 1.29 is 27.5 Å². The summed E-state index contributed by atoms with van der Waals surface area (Å²) in [5, 5.41) is 5.15. The summed E-state index contributed by atoms with van der Waals surface area (Å²) in [5.41, 5.74) is 0. The lowest BCUT2D eigenvalue weighted by atomic mass is 9.96. The molecule has 1 fully saturated rings. The number of hydrogen-bond acceptors (Lipinski definition) is 6. The van der Waals surface area contributed by atoms with Crippen LogP contribution in [0.1, 0.15) is 39.0 Å². The largest absolute Gasteiger partial charge is 0.454 e. The Balaban J connectivity index is 1.76. The molecule has 0 bridgehead atoms. The van der Waals surface area contributed by atoms with Gasteiger partial charge in [-0.05, 0) is 44.0 Å². The van der Waals surface area contributed by atoms with Crippen LogP contribution in [0.3, 0.4) is 0 Å². The molecule has 1 aliphatic rings. The molecule has 1 saturated carbocycles. The minimum atomic E-state index is -3.97. The van der Waals surface area contributed by atoms with Gasteiger partial charge in [-0.3, -0.25) is 14.9 Å². The summed E-state index contributed by atoms with van der Waals surface area (Å²) in [4.78, 5) is 35.4. The van der Waals surface area contributed by atoms with Crippen LogP contribution in [-0.2, 0) is 24.3 Å². The number of imide groups is 1. The molecule has 0 heterocycles. The first-order valence-corrected chi connectivity index (χ1v) is 11.1. The Labute approximate surface area is 174 Å². The number of benzene rings is 1. The zero-order valence-electron chi connectivity index (χ0n) is 15.9. The van der Waals surface area contributed by atoms with Gasteiger partial charge in [0.1, 0.15) is 6.04 Å². The molecule has 11 heteroatoms. The van der Waals surface area contributed by atoms with Crippen LogP contribution in [0.2, 0.25) is 5.02 Å². The van der Waals surface area contributed by atoms with E-state index in [2.05, 4.69) is 15.4 Å². The summed E-state index contributed by atoms with van der Waals surface area (Å²) >= 11 is 5.72. The molecule has 1 atom stereocenters. The zero-order valence-corrected chi connectivity index (χ0v) is 17.5. The number of carbonyl (C=O) groups is 3. The molecule has 1 aromatic rings. The fourth-order valence-corrected chi connectivity index (χ4v) is 4.17. The van der Waals surface area contributed by atoms with Crippen LogP contribution < -0.4 is 15.4 Å². The van der Waals surface area contributed by atoms with Crippen molar-refractivity contribution in [3.05, 3.63) is 29.3 Å². The highest BCUT2D eigenvalue weighted by Crippen LogP contribution is 2.17. The van der Waals surface area contributed by atoms with Crippen molar-refractivity contribution >= 4 is 39.5 Å². The molecule has 29 heavy (non-hydrogen) atoms. The number of halogens is 1. The van der Waals surface area contributed by atoms with Crippen molar-refractivity contribution in [1.82, 2.24) is 15.4 Å². The van der Waals surface area contributed by atoms with E-state index in [-0.39, 0.29) is 10.9 Å². The SMILES string of the molecule is CC(NS(=O)(=O)c1ccc(Cl)cc1)C(=O)OCC(=O)NC(=O)NC1CCCCC1. The lowest BCUT2D eigenvalue weighted by Crippen LogP contribution is -2.47. The molecule has 1 aliphatic carbocycles. The Hall–Kier alpha value is -2.17. The minimum Gasteiger partial charge on any atom is -0.454 e. The lowest BCUT2D eigenvalue weighted by molar-refractivity contribution is -0.149. The first-order valence-electron chi connectivity index (χ1n) is 9.22. The van der Waals surface area contributed by atoms with Crippen LogP contribution in [-0.4, -0.2) is 45.0 Å². The summed E-state index contributed by atoms with van der Waals surface area (Å²) < 4.78 is 31.4. The molecule has 9 nitrogen and oxygen atoms in total. The van der Waals surface area contributed by atoms with Crippen LogP contribution in [0.15, 0.2) is 29.2 Å². The van der Waals surface area contributed by atoms with Crippen LogP contribution in [0.5, 0.6) is 0 Å². The van der Waals surface area contributed by atoms with Crippen molar-refractivity contribution in [2.45, 2.75) is 56.0 Å². The summed E-state index contributed by atoms with van der Waals surface area (Å²) in [6.45, 7) is 0.577. The summed E-state index contributed by atoms with van der Waals surface area (Å²) in [5.74, 6) is -1.76. The van der Waals surface area contributed by atoms with E-state index in [9.17, 15) is 22.8 Å². The van der Waals surface area contributed by atoms with Crippen molar-refractivity contribution in [2.24, 2.45) is 0 Å². The fraction of sp³-hybridized carbons (Fsp3) is 0.500. The number of esters is 1. The van der Waals surface area contributed by atoms with Crippen molar-refractivity contribution in [3.8, 4) is 0 Å². The maximum Gasteiger partial charge on any atom is 0.324 e. The third-order valence-electron chi connectivity index (χ3n) is 4.35. The first-order chi connectivity index (χ1) is 13.7. The number of ether oxygens (including phenoxy) is 1. The minimum absolute atomic E-state index is 0.0291. The Morgan fingerprint density at radius 1 is 1.14 bits per heavy atom. The van der Waals surface area contributed by atoms with Crippen LogP contribution in [0, 0.1) is 0 Å². The summed E-state index contributed by atoms with van der Waals surface area (Å²) in [7, 11) is -3.97. The quantitative estimate of drug-likeness (QED) is 0.547. The molecule has 0 spiro atoms. The molecule has 160 valence electrons. The molecule has 0 saturated heterocycles. The van der Waals surface area contributed by atoms with Crippen molar-refractivity contribution in [3.63, 3.8) is 0 Å². The zero-order chi connectivity index (χ0) is 21.4. The van der Waals surface area contributed by atoms with Crippen LogP contribution >= 0.6 is 11.6 Å². The number of amides is 3. The van der Waals surface area contributed by atoms with Gasteiger partial charge in [0.05, 0.1) is 4.90 Å². The van der Waals surface area contributed by atoms with Gasteiger partial charge in [-0.25, -0.2) is 13.2 Å². The molecule has 3 amide bonds. The second-order valence-corrected chi connectivity index (χ2v) is 8.91. The first kappa shape index (κ1) is 23.1. The highest BCUT2D eigenvalue weighted by atomic mass is 35.5. The van der Waals surface area contributed by atoms with Crippen LogP contribution in [0.25, 0.3) is 0 Å². The number of urea groups is 1.